The predicted molar refractivity (Wildman–Crippen MR) is 50.7 cm³/mol. The van der Waals surface area contributed by atoms with E-state index in [1.54, 1.807) is 0 Å². The molecule has 2 N–H and O–H groups in total. The van der Waals surface area contributed by atoms with Gasteiger partial charge in [-0.2, -0.15) is 18.2 Å². The Morgan fingerprint density at radius 1 is 1.38 bits per heavy atom. The highest BCUT2D eigenvalue weighted by Crippen LogP contribution is 2.34. The van der Waals surface area contributed by atoms with Crippen molar-refractivity contribution in [1.82, 2.24) is 15.0 Å². The molecule has 88 valence electrons. The van der Waals surface area contributed by atoms with Gasteiger partial charge in [0.05, 0.1) is 0 Å². The summed E-state index contributed by atoms with van der Waals surface area (Å²) in [5.74, 6) is -0.0786. The molecule has 1 fully saturated rings. The van der Waals surface area contributed by atoms with E-state index in [1.165, 1.54) is 0 Å². The molecule has 1 aromatic heterocycles. The number of nitrogens with zero attached hydrogens (tertiary/aromatic N) is 4. The van der Waals surface area contributed by atoms with Gasteiger partial charge in [0, 0.05) is 6.54 Å². The lowest BCUT2D eigenvalue weighted by Crippen LogP contribution is -2.42. The number of hydrogen-bond acceptors (Lipinski definition) is 5. The number of aromatic nitrogens is 3. The minimum absolute atomic E-state index is 0.00711. The predicted octanol–water partition coefficient (Wildman–Crippen LogP) is 0.985. The minimum Gasteiger partial charge on any atom is -0.368 e. The van der Waals surface area contributed by atoms with Crippen LogP contribution in [0.3, 0.4) is 0 Å². The molecule has 0 amide bonds. The van der Waals surface area contributed by atoms with Crippen LogP contribution in [0.15, 0.2) is 6.33 Å². The maximum absolute atomic E-state index is 12.7. The van der Waals surface area contributed by atoms with Gasteiger partial charge in [0.15, 0.2) is 0 Å². The Morgan fingerprint density at radius 2 is 2.12 bits per heavy atom. The van der Waals surface area contributed by atoms with Gasteiger partial charge in [-0.05, 0) is 12.8 Å². The van der Waals surface area contributed by atoms with Gasteiger partial charge in [-0.15, -0.1) is 0 Å². The summed E-state index contributed by atoms with van der Waals surface area (Å²) in [5, 5.41) is 0. The van der Waals surface area contributed by atoms with Crippen molar-refractivity contribution < 1.29 is 13.2 Å². The topological polar surface area (TPSA) is 67.9 Å². The first-order valence-electron chi connectivity index (χ1n) is 4.76. The summed E-state index contributed by atoms with van der Waals surface area (Å²) in [6.07, 6.45) is -2.62. The lowest BCUT2D eigenvalue weighted by molar-refractivity contribution is -0.146. The second-order valence-corrected chi connectivity index (χ2v) is 3.54. The van der Waals surface area contributed by atoms with Crippen molar-refractivity contribution in [2.24, 2.45) is 0 Å². The second kappa shape index (κ2) is 3.76. The van der Waals surface area contributed by atoms with Gasteiger partial charge in [0.2, 0.25) is 11.9 Å². The number of nitrogen functional groups attached to an aromatic ring is 1. The van der Waals surface area contributed by atoms with Gasteiger partial charge in [0.1, 0.15) is 12.4 Å². The van der Waals surface area contributed by atoms with Crippen molar-refractivity contribution in [1.29, 1.82) is 0 Å². The van der Waals surface area contributed by atoms with Crippen LogP contribution in [0.25, 0.3) is 0 Å². The van der Waals surface area contributed by atoms with Gasteiger partial charge in [-0.25, -0.2) is 9.97 Å². The van der Waals surface area contributed by atoms with E-state index in [9.17, 15) is 13.2 Å². The van der Waals surface area contributed by atoms with Crippen molar-refractivity contribution in [3.05, 3.63) is 6.33 Å². The van der Waals surface area contributed by atoms with E-state index in [0.29, 0.717) is 6.42 Å². The normalized spacial score (nSPS) is 21.4. The fraction of sp³-hybridized carbons (Fsp3) is 0.625. The maximum atomic E-state index is 12.7. The van der Waals surface area contributed by atoms with Gasteiger partial charge in [-0.1, -0.05) is 0 Å². The molecule has 5 nitrogen and oxygen atoms in total. The summed E-state index contributed by atoms with van der Waals surface area (Å²) in [7, 11) is 0. The molecule has 1 unspecified atom stereocenters. The molecule has 2 rings (SSSR count). The quantitative estimate of drug-likeness (QED) is 0.783. The molecule has 0 bridgehead atoms. The molecule has 0 aliphatic carbocycles. The Hall–Kier alpha value is -1.60. The molecular weight excluding hydrogens is 223 g/mol. The SMILES string of the molecule is Nc1ncnc(N2CCCC2C(F)(F)F)n1. The molecule has 0 saturated carbocycles. The van der Waals surface area contributed by atoms with Gasteiger partial charge in [0.25, 0.3) is 0 Å². The van der Waals surface area contributed by atoms with Crippen LogP contribution in [-0.4, -0.2) is 33.7 Å². The van der Waals surface area contributed by atoms with Crippen LogP contribution in [0.2, 0.25) is 0 Å². The molecule has 16 heavy (non-hydrogen) atoms. The number of anilines is 2. The number of hydrogen-bond donors (Lipinski definition) is 1. The average Bonchev–Trinajstić information content (AvgIpc) is 2.65. The van der Waals surface area contributed by atoms with Crippen molar-refractivity contribution in [2.45, 2.75) is 25.1 Å². The van der Waals surface area contributed by atoms with E-state index in [2.05, 4.69) is 15.0 Å². The van der Waals surface area contributed by atoms with Gasteiger partial charge >= 0.3 is 6.18 Å². The zero-order chi connectivity index (χ0) is 11.8. The molecule has 0 radical (unpaired) electrons. The summed E-state index contributed by atoms with van der Waals surface area (Å²) in [6.45, 7) is 0.285. The molecule has 0 aromatic carbocycles. The zero-order valence-corrected chi connectivity index (χ0v) is 8.28. The number of halogens is 3. The monoisotopic (exact) mass is 233 g/mol. The summed E-state index contributed by atoms with van der Waals surface area (Å²) in [4.78, 5) is 12.1. The zero-order valence-electron chi connectivity index (χ0n) is 8.28. The summed E-state index contributed by atoms with van der Waals surface area (Å²) in [6, 6.07) is -1.52. The van der Waals surface area contributed by atoms with Crippen molar-refractivity contribution in [3.63, 3.8) is 0 Å². The molecule has 1 aliphatic heterocycles. The first-order valence-corrected chi connectivity index (χ1v) is 4.76. The Morgan fingerprint density at radius 3 is 2.75 bits per heavy atom. The Labute approximate surface area is 89.5 Å². The van der Waals surface area contributed by atoms with Crippen molar-refractivity contribution >= 4 is 11.9 Å². The molecular formula is C8H10F3N5. The highest BCUT2D eigenvalue weighted by Gasteiger charge is 2.46. The second-order valence-electron chi connectivity index (χ2n) is 3.54. The average molecular weight is 233 g/mol. The van der Waals surface area contributed by atoms with Crippen LogP contribution in [0.5, 0.6) is 0 Å². The van der Waals surface area contributed by atoms with E-state index in [0.717, 1.165) is 11.2 Å². The van der Waals surface area contributed by atoms with E-state index >= 15 is 0 Å². The van der Waals surface area contributed by atoms with E-state index < -0.39 is 12.2 Å². The van der Waals surface area contributed by atoms with Crippen LogP contribution in [-0.2, 0) is 0 Å². The fourth-order valence-corrected chi connectivity index (χ4v) is 1.78. The van der Waals surface area contributed by atoms with Crippen LogP contribution in [0.1, 0.15) is 12.8 Å². The molecule has 1 aliphatic rings. The summed E-state index contributed by atoms with van der Waals surface area (Å²) < 4.78 is 38.0. The molecule has 8 heteroatoms. The Balaban J connectivity index is 2.27. The van der Waals surface area contributed by atoms with Gasteiger partial charge < -0.3 is 10.6 Å². The van der Waals surface area contributed by atoms with Crippen molar-refractivity contribution in [2.75, 3.05) is 17.2 Å². The standard InChI is InChI=1S/C8H10F3N5/c9-8(10,11)5-2-1-3-16(5)7-14-4-13-6(12)15-7/h4-5H,1-3H2,(H2,12,13,14,15). The van der Waals surface area contributed by atoms with Crippen molar-refractivity contribution in [3.8, 4) is 0 Å². The third-order valence-corrected chi connectivity index (χ3v) is 2.47. The molecule has 1 saturated heterocycles. The highest BCUT2D eigenvalue weighted by molar-refractivity contribution is 5.36. The minimum atomic E-state index is -4.27. The lowest BCUT2D eigenvalue weighted by atomic mass is 10.2. The van der Waals surface area contributed by atoms with E-state index in [-0.39, 0.29) is 24.9 Å². The van der Waals surface area contributed by atoms with E-state index in [4.69, 9.17) is 5.73 Å². The molecule has 2 heterocycles. The van der Waals surface area contributed by atoms with E-state index in [1.807, 2.05) is 0 Å². The Kier molecular flexibility index (Phi) is 2.56. The number of alkyl halides is 3. The molecule has 1 atom stereocenters. The number of rotatable bonds is 1. The molecule has 1 aromatic rings. The van der Waals surface area contributed by atoms with Crippen LogP contribution in [0.4, 0.5) is 25.1 Å². The largest absolute Gasteiger partial charge is 0.408 e. The maximum Gasteiger partial charge on any atom is 0.408 e. The Bertz CT molecular complexity index is 380. The first kappa shape index (κ1) is 10.9. The number of nitrogens with two attached hydrogens (primary N) is 1. The van der Waals surface area contributed by atoms with Crippen LogP contribution in [0, 0.1) is 0 Å². The third-order valence-electron chi connectivity index (χ3n) is 2.47. The highest BCUT2D eigenvalue weighted by atomic mass is 19.4. The van der Waals surface area contributed by atoms with Gasteiger partial charge in [-0.3, -0.25) is 0 Å². The molecule has 0 spiro atoms. The third kappa shape index (κ3) is 2.00. The summed E-state index contributed by atoms with van der Waals surface area (Å²) >= 11 is 0. The lowest BCUT2D eigenvalue weighted by Gasteiger charge is -2.26. The van der Waals surface area contributed by atoms with Crippen LogP contribution < -0.4 is 10.6 Å². The summed E-state index contributed by atoms with van der Waals surface area (Å²) in [5.41, 5.74) is 5.31. The van der Waals surface area contributed by atoms with Crippen LogP contribution >= 0.6 is 0 Å². The smallest absolute Gasteiger partial charge is 0.368 e. The fourth-order valence-electron chi connectivity index (χ4n) is 1.78. The first-order chi connectivity index (χ1) is 7.48.